The second-order valence-corrected chi connectivity index (χ2v) is 8.64. The maximum Gasteiger partial charge on any atom is 0.191 e. The molecule has 5 nitrogen and oxygen atoms in total. The molecule has 0 heterocycles. The molecule has 0 radical (unpaired) electrons. The molecule has 0 saturated carbocycles. The summed E-state index contributed by atoms with van der Waals surface area (Å²) in [6.07, 6.45) is 1.68. The number of nitrogens with one attached hydrogen (secondary N) is 2. The van der Waals surface area contributed by atoms with Crippen LogP contribution in [-0.2, 0) is 6.61 Å². The predicted octanol–water partition coefficient (Wildman–Crippen LogP) is 6.90. The third-order valence-electron chi connectivity index (χ3n) is 5.00. The molecule has 0 aliphatic carbocycles. The number of thiocarbonyl (C=S) groups is 1. The van der Waals surface area contributed by atoms with Gasteiger partial charge in [0.15, 0.2) is 16.6 Å². The zero-order valence-corrected chi connectivity index (χ0v) is 21.0. The fourth-order valence-electron chi connectivity index (χ4n) is 3.48. The van der Waals surface area contributed by atoms with E-state index in [9.17, 15) is 0 Å². The van der Waals surface area contributed by atoms with E-state index in [1.165, 1.54) is 10.8 Å². The highest BCUT2D eigenvalue weighted by Crippen LogP contribution is 2.37. The van der Waals surface area contributed by atoms with Gasteiger partial charge >= 0.3 is 0 Å². The van der Waals surface area contributed by atoms with Gasteiger partial charge in [-0.15, -0.1) is 0 Å². The summed E-state index contributed by atoms with van der Waals surface area (Å²) >= 11 is 8.92. The molecular formula is C27H24BrN3O2S. The van der Waals surface area contributed by atoms with Crippen LogP contribution < -0.4 is 20.2 Å². The summed E-state index contributed by atoms with van der Waals surface area (Å²) in [4.78, 5) is 0. The molecule has 0 unspecified atom stereocenters. The zero-order valence-electron chi connectivity index (χ0n) is 18.6. The predicted molar refractivity (Wildman–Crippen MR) is 147 cm³/mol. The molecule has 34 heavy (non-hydrogen) atoms. The highest BCUT2D eigenvalue weighted by atomic mass is 79.9. The maximum absolute atomic E-state index is 6.22. The highest BCUT2D eigenvalue weighted by molar-refractivity contribution is 9.10. The average Bonchev–Trinajstić information content (AvgIpc) is 2.84. The highest BCUT2D eigenvalue weighted by Gasteiger charge is 2.13. The Labute approximate surface area is 212 Å². The smallest absolute Gasteiger partial charge is 0.191 e. The van der Waals surface area contributed by atoms with Gasteiger partial charge in [0.2, 0.25) is 0 Å². The van der Waals surface area contributed by atoms with E-state index in [4.69, 9.17) is 21.7 Å². The van der Waals surface area contributed by atoms with Crippen molar-refractivity contribution >= 4 is 55.9 Å². The van der Waals surface area contributed by atoms with Crippen molar-refractivity contribution in [3.63, 3.8) is 0 Å². The molecule has 4 aromatic carbocycles. The molecule has 0 aromatic heterocycles. The summed E-state index contributed by atoms with van der Waals surface area (Å²) < 4.78 is 12.9. The van der Waals surface area contributed by atoms with Crippen molar-refractivity contribution in [2.45, 2.75) is 13.5 Å². The van der Waals surface area contributed by atoms with Crippen molar-refractivity contribution in [1.82, 2.24) is 5.43 Å². The maximum atomic E-state index is 6.22. The Morgan fingerprint density at radius 2 is 1.74 bits per heavy atom. The molecule has 2 N–H and O–H groups in total. The lowest BCUT2D eigenvalue weighted by Crippen LogP contribution is -2.23. The van der Waals surface area contributed by atoms with E-state index < -0.39 is 0 Å². The third kappa shape index (κ3) is 6.12. The lowest BCUT2D eigenvalue weighted by molar-refractivity contribution is 0.268. The lowest BCUT2D eigenvalue weighted by Gasteiger charge is -2.15. The van der Waals surface area contributed by atoms with Gasteiger partial charge in [0.1, 0.15) is 6.61 Å². The largest absolute Gasteiger partial charge is 0.490 e. The first kappa shape index (κ1) is 23.7. The standard InChI is InChI=1S/C27H24BrN3O2S/c1-2-32-25-16-19(17-29-31-27(34)30-22-12-4-3-5-13-22)15-24(28)26(25)33-18-21-11-8-10-20-9-6-7-14-23(20)21/h3-17H,2,18H2,1H3,(H2,30,31,34)/b29-17-. The minimum atomic E-state index is 0.404. The number of nitrogens with zero attached hydrogens (tertiary/aromatic N) is 1. The minimum absolute atomic E-state index is 0.404. The number of fused-ring (bicyclic) bond motifs is 1. The van der Waals surface area contributed by atoms with Crippen molar-refractivity contribution in [3.05, 3.63) is 101 Å². The lowest BCUT2D eigenvalue weighted by atomic mass is 10.1. The van der Waals surface area contributed by atoms with E-state index in [2.05, 4.69) is 56.0 Å². The first-order valence-electron chi connectivity index (χ1n) is 10.8. The van der Waals surface area contributed by atoms with Crippen LogP contribution in [0.5, 0.6) is 11.5 Å². The van der Waals surface area contributed by atoms with Gasteiger partial charge in [0.25, 0.3) is 0 Å². The topological polar surface area (TPSA) is 54.9 Å². The van der Waals surface area contributed by atoms with Crippen molar-refractivity contribution in [3.8, 4) is 11.5 Å². The van der Waals surface area contributed by atoms with Crippen LogP contribution in [0.3, 0.4) is 0 Å². The number of anilines is 1. The van der Waals surface area contributed by atoms with E-state index in [-0.39, 0.29) is 0 Å². The normalized spacial score (nSPS) is 10.9. The van der Waals surface area contributed by atoms with E-state index >= 15 is 0 Å². The molecule has 4 aromatic rings. The van der Waals surface area contributed by atoms with Gasteiger partial charge in [-0.25, -0.2) is 0 Å². The first-order valence-corrected chi connectivity index (χ1v) is 12.0. The van der Waals surface area contributed by atoms with Crippen molar-refractivity contribution < 1.29 is 9.47 Å². The fraction of sp³-hybridized carbons (Fsp3) is 0.111. The molecule has 7 heteroatoms. The van der Waals surface area contributed by atoms with Gasteiger partial charge in [0.05, 0.1) is 17.3 Å². The van der Waals surface area contributed by atoms with Crippen molar-refractivity contribution in [2.75, 3.05) is 11.9 Å². The second kappa shape index (κ2) is 11.6. The SMILES string of the molecule is CCOc1cc(/C=N\NC(=S)Nc2ccccc2)cc(Br)c1OCc1cccc2ccccc12. The van der Waals surface area contributed by atoms with Crippen LogP contribution in [0.1, 0.15) is 18.1 Å². The molecule has 0 spiro atoms. The first-order chi connectivity index (χ1) is 16.6. The van der Waals surface area contributed by atoms with Crippen LogP contribution in [-0.4, -0.2) is 17.9 Å². The summed E-state index contributed by atoms with van der Waals surface area (Å²) in [6, 6.07) is 28.0. The van der Waals surface area contributed by atoms with Crippen LogP contribution in [0.4, 0.5) is 5.69 Å². The summed E-state index contributed by atoms with van der Waals surface area (Å²) in [7, 11) is 0. The summed E-state index contributed by atoms with van der Waals surface area (Å²) in [5.74, 6) is 1.30. The van der Waals surface area contributed by atoms with Gasteiger partial charge in [0, 0.05) is 5.69 Å². The van der Waals surface area contributed by atoms with E-state index in [1.807, 2.05) is 67.6 Å². The Morgan fingerprint density at radius 1 is 0.971 bits per heavy atom. The van der Waals surface area contributed by atoms with Gasteiger partial charge in [-0.1, -0.05) is 60.7 Å². The molecular weight excluding hydrogens is 510 g/mol. The number of rotatable bonds is 8. The van der Waals surface area contributed by atoms with E-state index in [0.29, 0.717) is 29.8 Å². The average molecular weight is 534 g/mol. The fourth-order valence-corrected chi connectivity index (χ4v) is 4.22. The van der Waals surface area contributed by atoms with E-state index in [1.54, 1.807) is 6.21 Å². The molecule has 0 aliphatic rings. The number of benzene rings is 4. The minimum Gasteiger partial charge on any atom is -0.490 e. The molecule has 0 amide bonds. The van der Waals surface area contributed by atoms with Gasteiger partial charge in [-0.3, -0.25) is 5.43 Å². The Balaban J connectivity index is 1.46. The Hall–Kier alpha value is -3.42. The van der Waals surface area contributed by atoms with E-state index in [0.717, 1.165) is 21.3 Å². The molecule has 0 aliphatic heterocycles. The van der Waals surface area contributed by atoms with Crippen LogP contribution in [0.25, 0.3) is 10.8 Å². The summed E-state index contributed by atoms with van der Waals surface area (Å²) in [5, 5.41) is 10.1. The molecule has 4 rings (SSSR count). The van der Waals surface area contributed by atoms with Gasteiger partial charge in [-0.2, -0.15) is 5.10 Å². The number of halogens is 1. The molecule has 172 valence electrons. The number of hydrazone groups is 1. The molecule has 0 bridgehead atoms. The Kier molecular flexibility index (Phi) is 8.12. The van der Waals surface area contributed by atoms with Crippen LogP contribution in [0, 0.1) is 0 Å². The van der Waals surface area contributed by atoms with Crippen LogP contribution >= 0.6 is 28.1 Å². The van der Waals surface area contributed by atoms with Gasteiger partial charge < -0.3 is 14.8 Å². The second-order valence-electron chi connectivity index (χ2n) is 7.38. The number of para-hydroxylation sites is 1. The molecule has 0 atom stereocenters. The monoisotopic (exact) mass is 533 g/mol. The van der Waals surface area contributed by atoms with Crippen molar-refractivity contribution in [2.24, 2.45) is 5.10 Å². The Morgan fingerprint density at radius 3 is 2.56 bits per heavy atom. The number of hydrogen-bond donors (Lipinski definition) is 2. The Bertz CT molecular complexity index is 1310. The van der Waals surface area contributed by atoms with Crippen molar-refractivity contribution in [1.29, 1.82) is 0 Å². The number of ether oxygens (including phenoxy) is 2. The van der Waals surface area contributed by atoms with Crippen LogP contribution in [0.2, 0.25) is 0 Å². The zero-order chi connectivity index (χ0) is 23.8. The molecule has 0 fully saturated rings. The third-order valence-corrected chi connectivity index (χ3v) is 5.78. The molecule has 0 saturated heterocycles. The summed E-state index contributed by atoms with van der Waals surface area (Å²) in [6.45, 7) is 2.88. The number of hydrogen-bond acceptors (Lipinski definition) is 4. The van der Waals surface area contributed by atoms with Gasteiger partial charge in [-0.05, 0) is 81.2 Å². The quantitative estimate of drug-likeness (QED) is 0.146. The summed E-state index contributed by atoms with van der Waals surface area (Å²) in [5.41, 5.74) is 5.67. The van der Waals surface area contributed by atoms with Crippen LogP contribution in [0.15, 0.2) is 94.5 Å².